The first-order valence-corrected chi connectivity index (χ1v) is 19.9. The second-order valence-corrected chi connectivity index (χ2v) is 15.6. The summed E-state index contributed by atoms with van der Waals surface area (Å²) in [6.07, 6.45) is 16.4. The van der Waals surface area contributed by atoms with E-state index in [4.69, 9.17) is 0 Å². The maximum absolute atomic E-state index is 13.8. The van der Waals surface area contributed by atoms with Crippen LogP contribution in [0.25, 0.3) is 34.1 Å². The van der Waals surface area contributed by atoms with Crippen molar-refractivity contribution in [2.45, 2.75) is 77.3 Å². The molecular formula is C42H38F2N16O2. The Morgan fingerprint density at radius 1 is 0.581 bits per heavy atom. The molecule has 0 spiro atoms. The van der Waals surface area contributed by atoms with Crippen molar-refractivity contribution in [3.8, 4) is 22.8 Å². The number of halogens is 2. The molecule has 20 heteroatoms. The smallest absolute Gasteiger partial charge is 0.228 e. The van der Waals surface area contributed by atoms with Crippen LogP contribution in [0.3, 0.4) is 0 Å². The number of nitrogens with one attached hydrogen (secondary N) is 2. The van der Waals surface area contributed by atoms with Crippen LogP contribution in [0, 0.1) is 11.6 Å². The fourth-order valence-corrected chi connectivity index (χ4v) is 7.36. The molecular weight excluding hydrogens is 799 g/mol. The molecule has 0 radical (unpaired) electrons. The summed E-state index contributed by atoms with van der Waals surface area (Å²) in [6.45, 7) is 8.16. The molecule has 2 N–H and O–H groups in total. The van der Waals surface area contributed by atoms with E-state index in [-0.39, 0.29) is 36.2 Å². The first-order chi connectivity index (χ1) is 30.0. The molecule has 0 saturated carbocycles. The van der Waals surface area contributed by atoms with Gasteiger partial charge in [-0.3, -0.25) is 19.6 Å². The van der Waals surface area contributed by atoms with Gasteiger partial charge in [-0.05, 0) is 35.1 Å². The molecule has 10 rings (SSSR count). The molecule has 0 aromatic carbocycles. The van der Waals surface area contributed by atoms with Gasteiger partial charge < -0.3 is 10.6 Å². The Labute approximate surface area is 351 Å². The molecule has 8 aromatic rings. The Bertz CT molecular complexity index is 2800. The minimum atomic E-state index is -0.512. The minimum absolute atomic E-state index is 0.00294. The number of ketones is 2. The topological polar surface area (TPSA) is 222 Å². The van der Waals surface area contributed by atoms with E-state index < -0.39 is 23.7 Å². The zero-order valence-corrected chi connectivity index (χ0v) is 33.9. The quantitative estimate of drug-likeness (QED) is 0.210. The van der Waals surface area contributed by atoms with Gasteiger partial charge in [-0.25, -0.2) is 38.7 Å². The lowest BCUT2D eigenvalue weighted by atomic mass is 9.92. The van der Waals surface area contributed by atoms with Crippen molar-refractivity contribution in [2.75, 3.05) is 10.6 Å². The van der Waals surface area contributed by atoms with Gasteiger partial charge in [-0.1, -0.05) is 27.7 Å². The Kier molecular flexibility index (Phi) is 10.5. The summed E-state index contributed by atoms with van der Waals surface area (Å²) in [7, 11) is 0. The number of carbonyl (C=O) groups excluding carboxylic acids is 2. The van der Waals surface area contributed by atoms with Crippen molar-refractivity contribution in [2.24, 2.45) is 0 Å². The number of fused-ring (bicyclic) bond motifs is 4. The highest BCUT2D eigenvalue weighted by atomic mass is 19.1. The molecule has 0 saturated heterocycles. The van der Waals surface area contributed by atoms with E-state index in [1.807, 2.05) is 27.7 Å². The van der Waals surface area contributed by atoms with Gasteiger partial charge in [-0.15, -0.1) is 0 Å². The Balaban J connectivity index is 0.000000158. The SMILES string of the molecule is CC(C)c1cnn2c(N[C@@H]3Cc4cncnc4CC3=O)nc(-c3cncc(F)c3)nc12.CC(C)c1cnn2c(N[C@H]3Cc4cncnc4CC3=O)nc(-c3cncc(F)c3)nc12. The van der Waals surface area contributed by atoms with Crippen LogP contribution in [0.4, 0.5) is 20.7 Å². The van der Waals surface area contributed by atoms with Crippen molar-refractivity contribution in [1.82, 2.24) is 69.1 Å². The number of hydrogen-bond acceptors (Lipinski definition) is 16. The van der Waals surface area contributed by atoms with Gasteiger partial charge in [0.15, 0.2) is 34.5 Å². The largest absolute Gasteiger partial charge is 0.344 e. The third-order valence-electron chi connectivity index (χ3n) is 10.6. The normalized spacial score (nSPS) is 16.0. The van der Waals surface area contributed by atoms with E-state index in [1.165, 1.54) is 37.2 Å². The van der Waals surface area contributed by atoms with Crippen LogP contribution in [-0.4, -0.2) is 92.7 Å². The number of nitrogens with zero attached hydrogens (tertiary/aromatic N) is 14. The van der Waals surface area contributed by atoms with Crippen LogP contribution in [0.2, 0.25) is 0 Å². The fourth-order valence-electron chi connectivity index (χ4n) is 7.36. The molecule has 0 fully saturated rings. The monoisotopic (exact) mass is 836 g/mol. The van der Waals surface area contributed by atoms with Gasteiger partial charge in [0.1, 0.15) is 24.3 Å². The zero-order valence-electron chi connectivity index (χ0n) is 33.9. The van der Waals surface area contributed by atoms with Gasteiger partial charge in [0, 0.05) is 59.9 Å². The average molecular weight is 837 g/mol. The van der Waals surface area contributed by atoms with Gasteiger partial charge in [-0.2, -0.15) is 29.2 Å². The van der Waals surface area contributed by atoms with E-state index in [2.05, 4.69) is 70.7 Å². The third kappa shape index (κ3) is 7.88. The number of carbonyl (C=O) groups is 2. The highest BCUT2D eigenvalue weighted by molar-refractivity contribution is 5.91. The van der Waals surface area contributed by atoms with Crippen LogP contribution in [-0.2, 0) is 35.3 Å². The molecule has 312 valence electrons. The van der Waals surface area contributed by atoms with Gasteiger partial charge in [0.25, 0.3) is 0 Å². The van der Waals surface area contributed by atoms with Crippen LogP contribution >= 0.6 is 0 Å². The van der Waals surface area contributed by atoms with Gasteiger partial charge in [0.05, 0.1) is 61.1 Å². The van der Waals surface area contributed by atoms with Crippen LogP contribution in [0.1, 0.15) is 73.2 Å². The Morgan fingerprint density at radius 2 is 1.02 bits per heavy atom. The molecule has 62 heavy (non-hydrogen) atoms. The van der Waals surface area contributed by atoms with E-state index in [9.17, 15) is 18.4 Å². The lowest BCUT2D eigenvalue weighted by Gasteiger charge is -2.24. The van der Waals surface area contributed by atoms with Crippen molar-refractivity contribution >= 4 is 34.8 Å². The number of hydrogen-bond donors (Lipinski definition) is 2. The molecule has 0 amide bonds. The molecule has 2 aliphatic rings. The Hall–Kier alpha value is -7.64. The van der Waals surface area contributed by atoms with Crippen LogP contribution in [0.15, 0.2) is 74.4 Å². The minimum Gasteiger partial charge on any atom is -0.344 e. The van der Waals surface area contributed by atoms with E-state index in [0.717, 1.165) is 46.0 Å². The molecule has 2 aliphatic carbocycles. The molecule has 0 unspecified atom stereocenters. The molecule has 0 aliphatic heterocycles. The summed E-state index contributed by atoms with van der Waals surface area (Å²) in [5.74, 6) is 0.696. The molecule has 0 bridgehead atoms. The van der Waals surface area contributed by atoms with Crippen LogP contribution in [0.5, 0.6) is 0 Å². The lowest BCUT2D eigenvalue weighted by Crippen LogP contribution is -2.38. The predicted octanol–water partition coefficient (Wildman–Crippen LogP) is 4.77. The summed E-state index contributed by atoms with van der Waals surface area (Å²) in [5.41, 5.74) is 7.25. The second-order valence-electron chi connectivity index (χ2n) is 15.6. The molecule has 2 atom stereocenters. The summed E-state index contributed by atoms with van der Waals surface area (Å²) in [5, 5.41) is 15.3. The van der Waals surface area contributed by atoms with E-state index >= 15 is 0 Å². The number of rotatable bonds is 8. The maximum atomic E-state index is 13.8. The third-order valence-corrected chi connectivity index (χ3v) is 10.6. The summed E-state index contributed by atoms with van der Waals surface area (Å²) in [6, 6.07) is 1.63. The molecule has 18 nitrogen and oxygen atoms in total. The number of Topliss-reactive ketones (excluding diaryl/α,β-unsaturated/α-hetero) is 2. The van der Waals surface area contributed by atoms with Crippen molar-refractivity contribution in [3.63, 3.8) is 0 Å². The van der Waals surface area contributed by atoms with E-state index in [1.54, 1.807) is 33.8 Å². The zero-order chi connectivity index (χ0) is 43.1. The Morgan fingerprint density at radius 3 is 1.42 bits per heavy atom. The fraction of sp³-hybridized carbons (Fsp3) is 0.286. The molecule has 8 heterocycles. The maximum Gasteiger partial charge on any atom is 0.228 e. The van der Waals surface area contributed by atoms with Crippen LogP contribution < -0.4 is 10.6 Å². The first kappa shape index (κ1) is 39.8. The van der Waals surface area contributed by atoms with E-state index in [0.29, 0.717) is 58.8 Å². The van der Waals surface area contributed by atoms with Gasteiger partial charge >= 0.3 is 0 Å². The van der Waals surface area contributed by atoms with Crippen molar-refractivity contribution in [1.29, 1.82) is 0 Å². The average Bonchev–Trinajstić information content (AvgIpc) is 3.90. The summed E-state index contributed by atoms with van der Waals surface area (Å²) >= 11 is 0. The summed E-state index contributed by atoms with van der Waals surface area (Å²) < 4.78 is 30.7. The highest BCUT2D eigenvalue weighted by Crippen LogP contribution is 2.28. The van der Waals surface area contributed by atoms with Crippen molar-refractivity contribution < 1.29 is 18.4 Å². The van der Waals surface area contributed by atoms with Gasteiger partial charge in [0.2, 0.25) is 11.9 Å². The number of aromatic nitrogens is 14. The first-order valence-electron chi connectivity index (χ1n) is 19.9. The second kappa shape index (κ2) is 16.4. The summed E-state index contributed by atoms with van der Waals surface area (Å²) in [4.78, 5) is 68.2. The number of pyridine rings is 2. The van der Waals surface area contributed by atoms with Crippen molar-refractivity contribution in [3.05, 3.63) is 120 Å². The standard InChI is InChI=1S/2C21H19FN8O/c2*1-11(2)15-9-26-30-20(15)28-19(13-3-14(22)8-23-7-13)29-21(30)27-17-4-12-6-24-10-25-16(12)5-18(17)31/h2*3,6-11,17H,4-5H2,1-2H3,(H,27,28,29)/t2*17-/m10/s1. The molecule has 8 aromatic heterocycles. The number of anilines is 2. The highest BCUT2D eigenvalue weighted by Gasteiger charge is 2.31. The predicted molar refractivity (Wildman–Crippen MR) is 220 cm³/mol. The lowest BCUT2D eigenvalue weighted by molar-refractivity contribution is -0.120.